The second-order valence-electron chi connectivity index (χ2n) is 5.26. The normalized spacial score (nSPS) is 15.7. The number of nitrogens with one attached hydrogen (secondary N) is 1. The summed E-state index contributed by atoms with van der Waals surface area (Å²) < 4.78 is 4.92. The highest BCUT2D eigenvalue weighted by atomic mass is 35.5. The number of nitrogens with zero attached hydrogens (tertiary/aromatic N) is 1. The Labute approximate surface area is 128 Å². The van der Waals surface area contributed by atoms with Gasteiger partial charge in [-0.3, -0.25) is 0 Å². The van der Waals surface area contributed by atoms with Crippen molar-refractivity contribution < 1.29 is 9.53 Å². The van der Waals surface area contributed by atoms with Crippen molar-refractivity contribution in [3.05, 3.63) is 40.6 Å². The zero-order valence-corrected chi connectivity index (χ0v) is 12.8. The molecule has 0 saturated carbocycles. The molecule has 0 unspecified atom stereocenters. The van der Waals surface area contributed by atoms with Crippen molar-refractivity contribution in [2.75, 3.05) is 20.7 Å². The van der Waals surface area contributed by atoms with Gasteiger partial charge in [-0.25, -0.2) is 4.79 Å². The van der Waals surface area contributed by atoms with Gasteiger partial charge in [0, 0.05) is 29.5 Å². The monoisotopic (exact) mass is 304 g/mol. The van der Waals surface area contributed by atoms with E-state index in [1.807, 2.05) is 31.3 Å². The second-order valence-corrected chi connectivity index (χ2v) is 5.69. The lowest BCUT2D eigenvalue weighted by Crippen LogP contribution is -2.27. The maximum absolute atomic E-state index is 12.0. The SMILES string of the molecule is COC(=O)C1=C(c2cc3cc(Cl)ccc3[nH]2)N(C)CCC1. The third-order valence-electron chi connectivity index (χ3n) is 3.86. The van der Waals surface area contributed by atoms with Crippen LogP contribution in [0.2, 0.25) is 5.02 Å². The number of aromatic nitrogens is 1. The van der Waals surface area contributed by atoms with E-state index in [0.29, 0.717) is 5.02 Å². The number of rotatable bonds is 2. The Morgan fingerprint density at radius 2 is 2.19 bits per heavy atom. The molecule has 110 valence electrons. The molecule has 0 fully saturated rings. The quantitative estimate of drug-likeness (QED) is 0.865. The van der Waals surface area contributed by atoms with Gasteiger partial charge >= 0.3 is 5.97 Å². The Bertz CT molecular complexity index is 733. The number of carbonyl (C=O) groups excluding carboxylic acids is 1. The molecule has 4 nitrogen and oxygen atoms in total. The van der Waals surface area contributed by atoms with Gasteiger partial charge in [-0.1, -0.05) is 11.6 Å². The van der Waals surface area contributed by atoms with E-state index in [2.05, 4.69) is 9.88 Å². The van der Waals surface area contributed by atoms with Gasteiger partial charge < -0.3 is 14.6 Å². The average molecular weight is 305 g/mol. The summed E-state index contributed by atoms with van der Waals surface area (Å²) in [7, 11) is 3.42. The maximum Gasteiger partial charge on any atom is 0.335 e. The van der Waals surface area contributed by atoms with Gasteiger partial charge in [-0.15, -0.1) is 0 Å². The molecule has 5 heteroatoms. The van der Waals surface area contributed by atoms with E-state index in [9.17, 15) is 4.79 Å². The number of H-pyrrole nitrogens is 1. The molecule has 0 aliphatic carbocycles. The zero-order chi connectivity index (χ0) is 15.0. The molecular weight excluding hydrogens is 288 g/mol. The van der Waals surface area contributed by atoms with E-state index in [1.165, 1.54) is 7.11 Å². The smallest absolute Gasteiger partial charge is 0.335 e. The van der Waals surface area contributed by atoms with Crippen LogP contribution in [-0.4, -0.2) is 36.6 Å². The summed E-state index contributed by atoms with van der Waals surface area (Å²) in [5.74, 6) is -0.256. The van der Waals surface area contributed by atoms with Gasteiger partial charge in [0.1, 0.15) is 0 Å². The van der Waals surface area contributed by atoms with Crippen LogP contribution < -0.4 is 0 Å². The molecule has 1 aliphatic heterocycles. The van der Waals surface area contributed by atoms with Crippen molar-refractivity contribution in [3.63, 3.8) is 0 Å². The number of ether oxygens (including phenoxy) is 1. The number of methoxy groups -OCH3 is 1. The van der Waals surface area contributed by atoms with Gasteiger partial charge in [0.25, 0.3) is 0 Å². The van der Waals surface area contributed by atoms with Crippen LogP contribution >= 0.6 is 11.6 Å². The van der Waals surface area contributed by atoms with E-state index >= 15 is 0 Å². The van der Waals surface area contributed by atoms with E-state index in [1.54, 1.807) is 0 Å². The number of esters is 1. The van der Waals surface area contributed by atoms with Crippen LogP contribution in [0.1, 0.15) is 18.5 Å². The number of aromatic amines is 1. The van der Waals surface area contributed by atoms with Crippen LogP contribution in [-0.2, 0) is 9.53 Å². The largest absolute Gasteiger partial charge is 0.466 e. The summed E-state index contributed by atoms with van der Waals surface area (Å²) in [4.78, 5) is 17.5. The fraction of sp³-hybridized carbons (Fsp3) is 0.312. The first-order valence-electron chi connectivity index (χ1n) is 6.91. The van der Waals surface area contributed by atoms with E-state index < -0.39 is 0 Å². The van der Waals surface area contributed by atoms with E-state index in [4.69, 9.17) is 16.3 Å². The van der Waals surface area contributed by atoms with E-state index in [0.717, 1.165) is 47.3 Å². The third-order valence-corrected chi connectivity index (χ3v) is 4.09. The second kappa shape index (κ2) is 5.45. The van der Waals surface area contributed by atoms with Crippen molar-refractivity contribution in [2.45, 2.75) is 12.8 Å². The Kier molecular flexibility index (Phi) is 3.64. The molecular formula is C16H17ClN2O2. The first-order chi connectivity index (χ1) is 10.1. The van der Waals surface area contributed by atoms with Crippen LogP contribution in [0, 0.1) is 0 Å². The Hall–Kier alpha value is -1.94. The minimum absolute atomic E-state index is 0.256. The van der Waals surface area contributed by atoms with Gasteiger partial charge in [0.2, 0.25) is 0 Å². The summed E-state index contributed by atoms with van der Waals surface area (Å²) in [5, 5.41) is 1.74. The summed E-state index contributed by atoms with van der Waals surface area (Å²) in [6.07, 6.45) is 1.69. The number of benzene rings is 1. The molecule has 1 aliphatic rings. The lowest BCUT2D eigenvalue weighted by Gasteiger charge is -2.29. The van der Waals surface area contributed by atoms with Gasteiger partial charge in [0.05, 0.1) is 24.1 Å². The molecule has 1 N–H and O–H groups in total. The lowest BCUT2D eigenvalue weighted by molar-refractivity contribution is -0.136. The van der Waals surface area contributed by atoms with Gasteiger partial charge in [-0.05, 0) is 37.1 Å². The van der Waals surface area contributed by atoms with Gasteiger partial charge in [-0.2, -0.15) is 0 Å². The van der Waals surface area contributed by atoms with Crippen molar-refractivity contribution in [3.8, 4) is 0 Å². The highest BCUT2D eigenvalue weighted by molar-refractivity contribution is 6.31. The predicted molar refractivity (Wildman–Crippen MR) is 84.1 cm³/mol. The first kappa shape index (κ1) is 14.0. The Balaban J connectivity index is 2.16. The van der Waals surface area contributed by atoms with Crippen LogP contribution in [0.5, 0.6) is 0 Å². The van der Waals surface area contributed by atoms with Crippen LogP contribution in [0.25, 0.3) is 16.6 Å². The first-order valence-corrected chi connectivity index (χ1v) is 7.29. The Morgan fingerprint density at radius 1 is 1.38 bits per heavy atom. The molecule has 2 aromatic rings. The topological polar surface area (TPSA) is 45.3 Å². The fourth-order valence-corrected chi connectivity index (χ4v) is 3.06. The molecule has 0 bridgehead atoms. The summed E-state index contributed by atoms with van der Waals surface area (Å²) in [6.45, 7) is 0.923. The van der Waals surface area contributed by atoms with Crippen molar-refractivity contribution >= 4 is 34.2 Å². The van der Waals surface area contributed by atoms with Crippen LogP contribution in [0.4, 0.5) is 0 Å². The van der Waals surface area contributed by atoms with E-state index in [-0.39, 0.29) is 5.97 Å². The molecule has 3 rings (SSSR count). The minimum Gasteiger partial charge on any atom is -0.466 e. The molecule has 1 aromatic carbocycles. The molecule has 0 saturated heterocycles. The van der Waals surface area contributed by atoms with Crippen LogP contribution in [0.15, 0.2) is 29.8 Å². The number of hydrogen-bond acceptors (Lipinski definition) is 3. The molecule has 2 heterocycles. The van der Waals surface area contributed by atoms with Crippen molar-refractivity contribution in [2.24, 2.45) is 0 Å². The average Bonchev–Trinajstić information content (AvgIpc) is 2.88. The number of carbonyl (C=O) groups is 1. The number of fused-ring (bicyclic) bond motifs is 1. The summed E-state index contributed by atoms with van der Waals surface area (Å²) in [5.41, 5.74) is 3.57. The highest BCUT2D eigenvalue weighted by Crippen LogP contribution is 2.32. The molecule has 0 amide bonds. The molecule has 0 spiro atoms. The molecule has 21 heavy (non-hydrogen) atoms. The Morgan fingerprint density at radius 3 is 2.95 bits per heavy atom. The number of hydrogen-bond donors (Lipinski definition) is 1. The summed E-state index contributed by atoms with van der Waals surface area (Å²) in [6, 6.07) is 7.74. The van der Waals surface area contributed by atoms with Crippen LogP contribution in [0.3, 0.4) is 0 Å². The minimum atomic E-state index is -0.256. The van der Waals surface area contributed by atoms with Crippen molar-refractivity contribution in [1.82, 2.24) is 9.88 Å². The standard InChI is InChI=1S/C16H17ClN2O2/c1-19-7-3-4-12(16(20)21-2)15(19)14-9-10-8-11(17)5-6-13(10)18-14/h5-6,8-9,18H,3-4,7H2,1-2H3. The molecule has 0 atom stereocenters. The van der Waals surface area contributed by atoms with Crippen molar-refractivity contribution in [1.29, 1.82) is 0 Å². The zero-order valence-electron chi connectivity index (χ0n) is 12.1. The summed E-state index contributed by atoms with van der Waals surface area (Å²) >= 11 is 6.03. The highest BCUT2D eigenvalue weighted by Gasteiger charge is 2.25. The molecule has 0 radical (unpaired) electrons. The van der Waals surface area contributed by atoms with Gasteiger partial charge in [0.15, 0.2) is 0 Å². The molecule has 1 aromatic heterocycles. The number of halogens is 1. The maximum atomic E-state index is 12.0. The lowest BCUT2D eigenvalue weighted by atomic mass is 10.0. The fourth-order valence-electron chi connectivity index (χ4n) is 2.87. The third kappa shape index (κ3) is 2.51. The predicted octanol–water partition coefficient (Wildman–Crippen LogP) is 3.43.